The fraction of sp³-hybridized carbons (Fsp3) is 0.778. The first-order valence-corrected chi connectivity index (χ1v) is 4.98. The number of carbonyl (C=O) groups is 2. The van der Waals surface area contributed by atoms with Gasteiger partial charge in [0.25, 0.3) is 0 Å². The van der Waals surface area contributed by atoms with E-state index in [4.69, 9.17) is 0 Å². The van der Waals surface area contributed by atoms with Crippen LogP contribution in [0.25, 0.3) is 0 Å². The number of hydrogen-bond acceptors (Lipinski definition) is 3. The molecule has 0 unspecified atom stereocenters. The maximum absolute atomic E-state index is 11.8. The van der Waals surface area contributed by atoms with Crippen LogP contribution >= 0.6 is 0 Å². The zero-order valence-electron chi connectivity index (χ0n) is 9.73. The van der Waals surface area contributed by atoms with Crippen molar-refractivity contribution in [3.05, 3.63) is 0 Å². The minimum Gasteiger partial charge on any atom is -0.345 e. The van der Waals surface area contributed by atoms with Crippen LogP contribution in [0, 0.1) is 0 Å². The molecule has 0 fully saturated rings. The Morgan fingerprint density at radius 2 is 1.88 bits per heavy atom. The molecule has 17 heavy (non-hydrogen) atoms. The number of nitrogens with one attached hydrogen (secondary N) is 2. The van der Waals surface area contributed by atoms with Crippen LogP contribution in [0.1, 0.15) is 6.42 Å². The molecule has 0 radical (unpaired) electrons. The molecular weight excluding hydrogens is 239 g/mol. The lowest BCUT2D eigenvalue weighted by Gasteiger charge is -2.17. The van der Waals surface area contributed by atoms with Crippen LogP contribution in [0.15, 0.2) is 0 Å². The standard InChI is InChI=1S/C9H16F3N3O2/c1-13-4-3-8(17)15(2)5-7(16)14-6-9(10,11)12/h13H,3-6H2,1-2H3,(H,14,16). The lowest BCUT2D eigenvalue weighted by atomic mass is 10.3. The van der Waals surface area contributed by atoms with Gasteiger partial charge in [0.15, 0.2) is 0 Å². The maximum Gasteiger partial charge on any atom is 0.405 e. The van der Waals surface area contributed by atoms with Crippen LogP contribution in [0.4, 0.5) is 13.2 Å². The van der Waals surface area contributed by atoms with Crippen molar-refractivity contribution in [3.63, 3.8) is 0 Å². The van der Waals surface area contributed by atoms with E-state index in [0.717, 1.165) is 4.90 Å². The molecular formula is C9H16F3N3O2. The van der Waals surface area contributed by atoms with Gasteiger partial charge in [-0.05, 0) is 7.05 Å². The molecule has 0 spiro atoms. The summed E-state index contributed by atoms with van der Waals surface area (Å²) in [7, 11) is 3.04. The van der Waals surface area contributed by atoms with Gasteiger partial charge in [-0.1, -0.05) is 0 Å². The molecule has 0 bridgehead atoms. The highest BCUT2D eigenvalue weighted by atomic mass is 19.4. The Bertz CT molecular complexity index is 269. The fourth-order valence-corrected chi connectivity index (χ4v) is 0.981. The molecule has 100 valence electrons. The van der Waals surface area contributed by atoms with Gasteiger partial charge in [0.05, 0.1) is 6.54 Å². The largest absolute Gasteiger partial charge is 0.405 e. The zero-order valence-corrected chi connectivity index (χ0v) is 9.73. The van der Waals surface area contributed by atoms with Gasteiger partial charge < -0.3 is 15.5 Å². The number of amides is 2. The van der Waals surface area contributed by atoms with Gasteiger partial charge in [-0.15, -0.1) is 0 Å². The summed E-state index contributed by atoms with van der Waals surface area (Å²) in [6.07, 6.45) is -4.25. The SMILES string of the molecule is CNCCC(=O)N(C)CC(=O)NCC(F)(F)F. The Kier molecular flexibility index (Phi) is 6.55. The third-order valence-corrected chi connectivity index (χ3v) is 1.88. The third kappa shape index (κ3) is 8.49. The Labute approximate surface area is 97.3 Å². The molecule has 0 aliphatic rings. The molecule has 0 aromatic heterocycles. The number of carbonyl (C=O) groups excluding carboxylic acids is 2. The van der Waals surface area contributed by atoms with E-state index in [1.807, 2.05) is 0 Å². The van der Waals surface area contributed by atoms with Crippen LogP contribution in [0.2, 0.25) is 0 Å². The molecule has 0 aliphatic heterocycles. The molecule has 0 rings (SSSR count). The number of rotatable bonds is 6. The molecule has 0 saturated heterocycles. The third-order valence-electron chi connectivity index (χ3n) is 1.88. The Hall–Kier alpha value is -1.31. The second-order valence-electron chi connectivity index (χ2n) is 3.50. The average molecular weight is 255 g/mol. The Morgan fingerprint density at radius 1 is 1.29 bits per heavy atom. The second kappa shape index (κ2) is 7.10. The monoisotopic (exact) mass is 255 g/mol. The van der Waals surface area contributed by atoms with Crippen molar-refractivity contribution in [2.75, 3.05) is 33.7 Å². The highest BCUT2D eigenvalue weighted by Gasteiger charge is 2.27. The van der Waals surface area contributed by atoms with Gasteiger partial charge in [0.1, 0.15) is 6.54 Å². The molecule has 0 saturated carbocycles. The zero-order chi connectivity index (χ0) is 13.5. The topological polar surface area (TPSA) is 61.4 Å². The van der Waals surface area contributed by atoms with Crippen molar-refractivity contribution < 1.29 is 22.8 Å². The smallest absolute Gasteiger partial charge is 0.345 e. The molecule has 5 nitrogen and oxygen atoms in total. The highest BCUT2D eigenvalue weighted by Crippen LogP contribution is 2.11. The summed E-state index contributed by atoms with van der Waals surface area (Å²) in [4.78, 5) is 23.5. The summed E-state index contributed by atoms with van der Waals surface area (Å²) in [5, 5.41) is 4.45. The van der Waals surface area contributed by atoms with Crippen molar-refractivity contribution in [1.82, 2.24) is 15.5 Å². The fourth-order valence-electron chi connectivity index (χ4n) is 0.981. The maximum atomic E-state index is 11.8. The summed E-state index contributed by atoms with van der Waals surface area (Å²) in [6.45, 7) is -1.31. The predicted octanol–water partition coefficient (Wildman–Crippen LogP) is -0.267. The molecule has 0 aliphatic carbocycles. The number of halogens is 3. The minimum atomic E-state index is -4.44. The van der Waals surface area contributed by atoms with E-state index in [9.17, 15) is 22.8 Å². The molecule has 2 amide bonds. The van der Waals surface area contributed by atoms with Crippen molar-refractivity contribution in [2.24, 2.45) is 0 Å². The van der Waals surface area contributed by atoms with E-state index in [1.165, 1.54) is 7.05 Å². The lowest BCUT2D eigenvalue weighted by molar-refractivity contribution is -0.141. The van der Waals surface area contributed by atoms with E-state index in [-0.39, 0.29) is 18.9 Å². The predicted molar refractivity (Wildman–Crippen MR) is 55.2 cm³/mol. The van der Waals surface area contributed by atoms with Crippen LogP contribution < -0.4 is 10.6 Å². The summed E-state index contributed by atoms with van der Waals surface area (Å²) in [5.74, 6) is -1.14. The second-order valence-corrected chi connectivity index (χ2v) is 3.50. The van der Waals surface area contributed by atoms with Crippen molar-refractivity contribution in [3.8, 4) is 0 Å². The van der Waals surface area contributed by atoms with E-state index in [1.54, 1.807) is 12.4 Å². The normalized spacial score (nSPS) is 11.1. The van der Waals surface area contributed by atoms with Crippen molar-refractivity contribution in [2.45, 2.75) is 12.6 Å². The molecule has 0 atom stereocenters. The average Bonchev–Trinajstić information content (AvgIpc) is 2.22. The quantitative estimate of drug-likeness (QED) is 0.687. The minimum absolute atomic E-state index is 0.194. The van der Waals surface area contributed by atoms with E-state index < -0.39 is 18.6 Å². The summed E-state index contributed by atoms with van der Waals surface area (Å²) < 4.78 is 35.3. The number of alkyl halides is 3. The van der Waals surface area contributed by atoms with Gasteiger partial charge in [-0.3, -0.25) is 9.59 Å². The molecule has 0 heterocycles. The van der Waals surface area contributed by atoms with Crippen LogP contribution in [-0.4, -0.2) is 56.6 Å². The first-order valence-electron chi connectivity index (χ1n) is 4.98. The molecule has 0 aromatic carbocycles. The highest BCUT2D eigenvalue weighted by molar-refractivity contribution is 5.84. The molecule has 2 N–H and O–H groups in total. The lowest BCUT2D eigenvalue weighted by Crippen LogP contribution is -2.42. The first-order chi connectivity index (χ1) is 7.76. The van der Waals surface area contributed by atoms with E-state index >= 15 is 0 Å². The number of likely N-dealkylation sites (N-methyl/N-ethyl adjacent to an activating group) is 1. The van der Waals surface area contributed by atoms with Gasteiger partial charge in [0, 0.05) is 20.0 Å². The Balaban J connectivity index is 3.91. The Morgan fingerprint density at radius 3 is 2.35 bits per heavy atom. The van der Waals surface area contributed by atoms with Gasteiger partial charge >= 0.3 is 6.18 Å². The van der Waals surface area contributed by atoms with Gasteiger partial charge in [-0.25, -0.2) is 0 Å². The van der Waals surface area contributed by atoms with Crippen LogP contribution in [-0.2, 0) is 9.59 Å². The van der Waals surface area contributed by atoms with E-state index in [2.05, 4.69) is 5.32 Å². The van der Waals surface area contributed by atoms with Crippen molar-refractivity contribution in [1.29, 1.82) is 0 Å². The molecule has 0 aromatic rings. The summed E-state index contributed by atoms with van der Waals surface area (Å²) >= 11 is 0. The molecule has 8 heteroatoms. The van der Waals surface area contributed by atoms with Crippen molar-refractivity contribution >= 4 is 11.8 Å². The summed E-state index contributed by atoms with van der Waals surface area (Å²) in [5.41, 5.74) is 0. The van der Waals surface area contributed by atoms with Crippen LogP contribution in [0.5, 0.6) is 0 Å². The number of nitrogens with zero attached hydrogens (tertiary/aromatic N) is 1. The number of hydrogen-bond donors (Lipinski definition) is 2. The van der Waals surface area contributed by atoms with Gasteiger partial charge in [-0.2, -0.15) is 13.2 Å². The van der Waals surface area contributed by atoms with Gasteiger partial charge in [0.2, 0.25) is 11.8 Å². The van der Waals surface area contributed by atoms with Crippen LogP contribution in [0.3, 0.4) is 0 Å². The van der Waals surface area contributed by atoms with E-state index in [0.29, 0.717) is 6.54 Å². The summed E-state index contributed by atoms with van der Waals surface area (Å²) in [6, 6.07) is 0. The first kappa shape index (κ1) is 15.7.